The molecule has 0 aromatic heterocycles. The zero-order valence-electron chi connectivity index (χ0n) is 14.8. The molecule has 2 rings (SSSR count). The van der Waals surface area contributed by atoms with Gasteiger partial charge in [0.1, 0.15) is 0 Å². The van der Waals surface area contributed by atoms with Crippen LogP contribution in [0.4, 0.5) is 0 Å². The lowest BCUT2D eigenvalue weighted by Crippen LogP contribution is -2.33. The number of methoxy groups -OCH3 is 2. The Balaban J connectivity index is 1.98. The van der Waals surface area contributed by atoms with Crippen LogP contribution in [-0.4, -0.2) is 46.3 Å². The van der Waals surface area contributed by atoms with Crippen molar-refractivity contribution in [3.8, 4) is 11.5 Å². The fourth-order valence-electron chi connectivity index (χ4n) is 3.12. The summed E-state index contributed by atoms with van der Waals surface area (Å²) in [6.07, 6.45) is 8.33. The van der Waals surface area contributed by atoms with Gasteiger partial charge in [0.15, 0.2) is 11.5 Å². The minimum absolute atomic E-state index is 0.314. The van der Waals surface area contributed by atoms with Crippen molar-refractivity contribution in [2.24, 2.45) is 5.92 Å². The van der Waals surface area contributed by atoms with Crippen LogP contribution in [0.2, 0.25) is 0 Å². The fraction of sp³-hybridized carbons (Fsp3) is 0.579. The van der Waals surface area contributed by atoms with Gasteiger partial charge in [0, 0.05) is 12.6 Å². The topological polar surface area (TPSA) is 33.7 Å². The van der Waals surface area contributed by atoms with Gasteiger partial charge in [-0.25, -0.2) is 0 Å². The van der Waals surface area contributed by atoms with Gasteiger partial charge in [-0.05, 0) is 63.5 Å². The van der Waals surface area contributed by atoms with Crippen LogP contribution in [0, 0.1) is 5.92 Å². The maximum Gasteiger partial charge on any atom is 0.161 e. The Kier molecular flexibility index (Phi) is 6.93. The molecule has 128 valence electrons. The molecule has 0 amide bonds. The normalized spacial score (nSPS) is 18.9. The third-order valence-electron chi connectivity index (χ3n) is 4.56. The average molecular weight is 318 g/mol. The van der Waals surface area contributed by atoms with E-state index in [0.717, 1.165) is 30.5 Å². The number of allylic oxidation sites excluding steroid dienone is 2. The van der Waals surface area contributed by atoms with Crippen LogP contribution in [0.3, 0.4) is 0 Å². The predicted octanol–water partition coefficient (Wildman–Crippen LogP) is 3.25. The number of ether oxygens (including phenoxy) is 2. The molecule has 0 spiro atoms. The molecule has 1 aliphatic rings. The molecule has 1 aromatic rings. The zero-order valence-corrected chi connectivity index (χ0v) is 14.8. The van der Waals surface area contributed by atoms with Gasteiger partial charge in [0.05, 0.1) is 14.2 Å². The fourth-order valence-corrected chi connectivity index (χ4v) is 3.12. The van der Waals surface area contributed by atoms with Gasteiger partial charge in [-0.3, -0.25) is 0 Å². The second kappa shape index (κ2) is 8.94. The van der Waals surface area contributed by atoms with Gasteiger partial charge in [-0.1, -0.05) is 18.2 Å². The van der Waals surface area contributed by atoms with E-state index < -0.39 is 0 Å². The lowest BCUT2D eigenvalue weighted by molar-refractivity contribution is 0.280. The molecule has 4 heteroatoms. The van der Waals surface area contributed by atoms with Gasteiger partial charge in [-0.2, -0.15) is 0 Å². The van der Waals surface area contributed by atoms with E-state index in [0.29, 0.717) is 6.04 Å². The Labute approximate surface area is 140 Å². The van der Waals surface area contributed by atoms with Crippen LogP contribution >= 0.6 is 0 Å². The molecule has 0 aliphatic heterocycles. The molecular formula is C19H30N2O2. The zero-order chi connectivity index (χ0) is 16.7. The summed E-state index contributed by atoms with van der Waals surface area (Å²) in [6, 6.07) is 6.50. The van der Waals surface area contributed by atoms with Gasteiger partial charge in [0.25, 0.3) is 0 Å². The summed E-state index contributed by atoms with van der Waals surface area (Å²) in [5.41, 5.74) is 1.24. The quantitative estimate of drug-likeness (QED) is 0.746. The van der Waals surface area contributed by atoms with Gasteiger partial charge in [0.2, 0.25) is 0 Å². The molecule has 23 heavy (non-hydrogen) atoms. The van der Waals surface area contributed by atoms with Crippen molar-refractivity contribution in [1.29, 1.82) is 0 Å². The molecule has 1 aliphatic carbocycles. The van der Waals surface area contributed by atoms with Crippen LogP contribution in [0.15, 0.2) is 30.4 Å². The summed E-state index contributed by atoms with van der Waals surface area (Å²) in [7, 11) is 7.58. The van der Waals surface area contributed by atoms with E-state index in [2.05, 4.69) is 48.6 Å². The summed E-state index contributed by atoms with van der Waals surface area (Å²) < 4.78 is 10.8. The standard InChI is InChI=1S/C19H30N2O2/c1-21(2)17(14-20-13-15-8-6-5-7-9-15)16-10-11-18(22-3)19(12-16)23-4/h5-6,10-12,15,17,20H,7-9,13-14H2,1-4H3. The minimum atomic E-state index is 0.314. The summed E-state index contributed by atoms with van der Waals surface area (Å²) in [5, 5.41) is 3.65. The molecule has 1 N–H and O–H groups in total. The van der Waals surface area contributed by atoms with Crippen LogP contribution in [-0.2, 0) is 0 Å². The first-order valence-electron chi connectivity index (χ1n) is 8.39. The molecule has 0 bridgehead atoms. The number of likely N-dealkylation sites (N-methyl/N-ethyl adjacent to an activating group) is 1. The average Bonchev–Trinajstić information content (AvgIpc) is 2.58. The number of hydrogen-bond donors (Lipinski definition) is 1. The van der Waals surface area contributed by atoms with E-state index in [-0.39, 0.29) is 0 Å². The monoisotopic (exact) mass is 318 g/mol. The van der Waals surface area contributed by atoms with Crippen molar-refractivity contribution < 1.29 is 9.47 Å². The van der Waals surface area contributed by atoms with Gasteiger partial charge >= 0.3 is 0 Å². The van der Waals surface area contributed by atoms with Crippen LogP contribution < -0.4 is 14.8 Å². The number of nitrogens with zero attached hydrogens (tertiary/aromatic N) is 1. The Bertz CT molecular complexity index is 514. The molecule has 4 nitrogen and oxygen atoms in total. The molecule has 0 heterocycles. The lowest BCUT2D eigenvalue weighted by Gasteiger charge is -2.27. The Hall–Kier alpha value is -1.52. The van der Waals surface area contributed by atoms with Crippen molar-refractivity contribution in [3.63, 3.8) is 0 Å². The first kappa shape index (κ1) is 17.8. The van der Waals surface area contributed by atoms with E-state index in [1.54, 1.807) is 14.2 Å². The van der Waals surface area contributed by atoms with Crippen LogP contribution in [0.5, 0.6) is 11.5 Å². The van der Waals surface area contributed by atoms with Crippen molar-refractivity contribution in [2.75, 3.05) is 41.4 Å². The molecule has 0 radical (unpaired) electrons. The van der Waals surface area contributed by atoms with Crippen LogP contribution in [0.1, 0.15) is 30.9 Å². The highest BCUT2D eigenvalue weighted by atomic mass is 16.5. The summed E-state index contributed by atoms with van der Waals surface area (Å²) in [5.74, 6) is 2.33. The van der Waals surface area contributed by atoms with Gasteiger partial charge in [-0.15, -0.1) is 0 Å². The third-order valence-corrected chi connectivity index (χ3v) is 4.56. The largest absolute Gasteiger partial charge is 0.493 e. The number of nitrogens with one attached hydrogen (secondary N) is 1. The molecule has 0 fully saturated rings. The SMILES string of the molecule is COc1ccc(C(CNCC2CC=CCC2)N(C)C)cc1OC. The molecule has 2 unspecified atom stereocenters. The van der Waals surface area contributed by atoms with Crippen molar-refractivity contribution in [2.45, 2.75) is 25.3 Å². The van der Waals surface area contributed by atoms with E-state index in [9.17, 15) is 0 Å². The Morgan fingerprint density at radius 3 is 2.57 bits per heavy atom. The highest BCUT2D eigenvalue weighted by Gasteiger charge is 2.17. The Morgan fingerprint density at radius 2 is 1.96 bits per heavy atom. The van der Waals surface area contributed by atoms with Crippen molar-refractivity contribution in [1.82, 2.24) is 10.2 Å². The molecule has 2 atom stereocenters. The third kappa shape index (κ3) is 4.98. The lowest BCUT2D eigenvalue weighted by atomic mass is 9.94. The Morgan fingerprint density at radius 1 is 1.17 bits per heavy atom. The second-order valence-corrected chi connectivity index (χ2v) is 6.40. The molecule has 1 aromatic carbocycles. The van der Waals surface area contributed by atoms with E-state index in [1.807, 2.05) is 6.07 Å². The van der Waals surface area contributed by atoms with Gasteiger partial charge < -0.3 is 19.7 Å². The molecular weight excluding hydrogens is 288 g/mol. The highest BCUT2D eigenvalue weighted by Crippen LogP contribution is 2.31. The smallest absolute Gasteiger partial charge is 0.161 e. The van der Waals surface area contributed by atoms with Crippen molar-refractivity contribution >= 4 is 0 Å². The molecule has 0 saturated carbocycles. The maximum atomic E-state index is 5.43. The first-order chi connectivity index (χ1) is 11.2. The second-order valence-electron chi connectivity index (χ2n) is 6.40. The van der Waals surface area contributed by atoms with E-state index in [1.165, 1.54) is 24.8 Å². The number of rotatable bonds is 8. The van der Waals surface area contributed by atoms with E-state index in [4.69, 9.17) is 9.47 Å². The number of hydrogen-bond acceptors (Lipinski definition) is 4. The van der Waals surface area contributed by atoms with Crippen LogP contribution in [0.25, 0.3) is 0 Å². The summed E-state index contributed by atoms with van der Waals surface area (Å²) in [6.45, 7) is 2.02. The summed E-state index contributed by atoms with van der Waals surface area (Å²) in [4.78, 5) is 2.25. The van der Waals surface area contributed by atoms with E-state index >= 15 is 0 Å². The first-order valence-corrected chi connectivity index (χ1v) is 8.39. The highest BCUT2D eigenvalue weighted by molar-refractivity contribution is 5.43. The minimum Gasteiger partial charge on any atom is -0.493 e. The van der Waals surface area contributed by atoms with Crippen molar-refractivity contribution in [3.05, 3.63) is 35.9 Å². The summed E-state index contributed by atoms with van der Waals surface area (Å²) >= 11 is 0. The molecule has 0 saturated heterocycles. The number of benzene rings is 1. The maximum absolute atomic E-state index is 5.43. The predicted molar refractivity (Wildman–Crippen MR) is 95.3 cm³/mol.